The van der Waals surface area contributed by atoms with E-state index < -0.39 is 0 Å². The van der Waals surface area contributed by atoms with Crippen molar-refractivity contribution in [3.63, 3.8) is 0 Å². The van der Waals surface area contributed by atoms with Crippen molar-refractivity contribution in [3.8, 4) is 0 Å². The van der Waals surface area contributed by atoms with E-state index in [1.54, 1.807) is 36.5 Å². The molecule has 0 unspecified atom stereocenters. The second-order valence-electron chi connectivity index (χ2n) is 6.40. The Morgan fingerprint density at radius 2 is 1.78 bits per heavy atom. The molecule has 142 valence electrons. The van der Waals surface area contributed by atoms with Gasteiger partial charge in [-0.05, 0) is 43.3 Å². The monoisotopic (exact) mass is 368 g/mol. The van der Waals surface area contributed by atoms with Gasteiger partial charge in [0.2, 0.25) is 0 Å². The van der Waals surface area contributed by atoms with Crippen molar-refractivity contribution < 1.29 is 14.3 Å². The van der Waals surface area contributed by atoms with Crippen LogP contribution in [0.5, 0.6) is 0 Å². The van der Waals surface area contributed by atoms with Gasteiger partial charge in [-0.25, -0.2) is 4.98 Å². The van der Waals surface area contributed by atoms with Crippen molar-refractivity contribution in [1.82, 2.24) is 9.88 Å². The number of anilines is 2. The highest BCUT2D eigenvalue weighted by Crippen LogP contribution is 2.12. The Morgan fingerprint density at radius 3 is 2.41 bits per heavy atom. The molecule has 0 saturated carbocycles. The van der Waals surface area contributed by atoms with E-state index in [0.29, 0.717) is 16.9 Å². The molecule has 1 aromatic heterocycles. The first-order chi connectivity index (χ1) is 13.1. The molecule has 1 aromatic carbocycles. The minimum Gasteiger partial charge on any atom is -0.383 e. The van der Waals surface area contributed by atoms with Gasteiger partial charge in [0.15, 0.2) is 5.78 Å². The van der Waals surface area contributed by atoms with Crippen molar-refractivity contribution in [2.75, 3.05) is 50.0 Å². The van der Waals surface area contributed by atoms with E-state index in [0.717, 1.165) is 45.1 Å². The standard InChI is InChI=1S/C20H24N4O3/c1-15(25)16-2-4-17(5-3-16)23-20(26)19-7-6-18(14-22-19)21-8-9-24-10-12-27-13-11-24/h2-7,14,21H,8-13H2,1H3,(H,23,26). The zero-order valence-corrected chi connectivity index (χ0v) is 15.4. The summed E-state index contributed by atoms with van der Waals surface area (Å²) in [4.78, 5) is 30.1. The first kappa shape index (κ1) is 19.0. The fourth-order valence-electron chi connectivity index (χ4n) is 2.80. The molecule has 0 radical (unpaired) electrons. The number of aromatic nitrogens is 1. The third-order valence-electron chi connectivity index (χ3n) is 4.41. The smallest absolute Gasteiger partial charge is 0.274 e. The lowest BCUT2D eigenvalue weighted by molar-refractivity contribution is 0.0398. The topological polar surface area (TPSA) is 83.6 Å². The summed E-state index contributed by atoms with van der Waals surface area (Å²) in [6.07, 6.45) is 1.66. The second kappa shape index (κ2) is 9.25. The van der Waals surface area contributed by atoms with E-state index in [-0.39, 0.29) is 11.7 Å². The minimum absolute atomic E-state index is 0.00810. The summed E-state index contributed by atoms with van der Waals surface area (Å²) < 4.78 is 5.33. The molecule has 2 aromatic rings. The number of benzene rings is 1. The molecular formula is C20H24N4O3. The Balaban J connectivity index is 1.48. The van der Waals surface area contributed by atoms with Crippen LogP contribution in [0.15, 0.2) is 42.6 Å². The summed E-state index contributed by atoms with van der Waals surface area (Å²) in [5.41, 5.74) is 2.45. The van der Waals surface area contributed by atoms with Crippen molar-refractivity contribution in [2.24, 2.45) is 0 Å². The van der Waals surface area contributed by atoms with Crippen LogP contribution in [0.25, 0.3) is 0 Å². The highest BCUT2D eigenvalue weighted by atomic mass is 16.5. The van der Waals surface area contributed by atoms with Gasteiger partial charge in [0.05, 0.1) is 25.1 Å². The lowest BCUT2D eigenvalue weighted by atomic mass is 10.1. The van der Waals surface area contributed by atoms with E-state index >= 15 is 0 Å². The number of nitrogens with one attached hydrogen (secondary N) is 2. The number of ether oxygens (including phenoxy) is 1. The molecule has 1 aliphatic heterocycles. The zero-order valence-electron chi connectivity index (χ0n) is 15.4. The van der Waals surface area contributed by atoms with Crippen LogP contribution in [0.4, 0.5) is 11.4 Å². The molecule has 3 rings (SSSR count). The largest absolute Gasteiger partial charge is 0.383 e. The maximum atomic E-state index is 12.3. The number of hydrogen-bond donors (Lipinski definition) is 2. The van der Waals surface area contributed by atoms with E-state index in [1.807, 2.05) is 6.07 Å². The summed E-state index contributed by atoms with van der Waals surface area (Å²) in [5, 5.41) is 6.09. The molecule has 0 spiro atoms. The normalized spacial score (nSPS) is 14.6. The Hall–Kier alpha value is -2.77. The number of carbonyl (C=O) groups is 2. The van der Waals surface area contributed by atoms with Gasteiger partial charge >= 0.3 is 0 Å². The molecular weight excluding hydrogens is 344 g/mol. The second-order valence-corrected chi connectivity index (χ2v) is 6.40. The van der Waals surface area contributed by atoms with Crippen LogP contribution in [0.3, 0.4) is 0 Å². The molecule has 2 N–H and O–H groups in total. The van der Waals surface area contributed by atoms with Gasteiger partial charge < -0.3 is 15.4 Å². The fourth-order valence-corrected chi connectivity index (χ4v) is 2.80. The Morgan fingerprint density at radius 1 is 1.07 bits per heavy atom. The highest BCUT2D eigenvalue weighted by molar-refractivity contribution is 6.03. The molecule has 0 atom stereocenters. The SMILES string of the molecule is CC(=O)c1ccc(NC(=O)c2ccc(NCCN3CCOCC3)cn2)cc1. The van der Waals surface area contributed by atoms with Gasteiger partial charge in [-0.2, -0.15) is 0 Å². The summed E-state index contributed by atoms with van der Waals surface area (Å²) in [5.74, 6) is -0.295. The summed E-state index contributed by atoms with van der Waals surface area (Å²) in [6.45, 7) is 6.79. The molecule has 0 bridgehead atoms. The first-order valence-corrected chi connectivity index (χ1v) is 9.04. The van der Waals surface area contributed by atoms with Crippen molar-refractivity contribution in [2.45, 2.75) is 6.92 Å². The van der Waals surface area contributed by atoms with Gasteiger partial charge in [0, 0.05) is 37.4 Å². The van der Waals surface area contributed by atoms with Gasteiger partial charge in [-0.15, -0.1) is 0 Å². The van der Waals surface area contributed by atoms with Crippen LogP contribution < -0.4 is 10.6 Å². The average Bonchev–Trinajstić information content (AvgIpc) is 2.70. The predicted molar refractivity (Wildman–Crippen MR) is 104 cm³/mol. The average molecular weight is 368 g/mol. The van der Waals surface area contributed by atoms with Crippen LogP contribution in [0, 0.1) is 0 Å². The number of rotatable bonds is 7. The Bertz CT molecular complexity index is 769. The number of carbonyl (C=O) groups excluding carboxylic acids is 2. The Kier molecular flexibility index (Phi) is 6.51. The van der Waals surface area contributed by atoms with Crippen LogP contribution in [-0.2, 0) is 4.74 Å². The molecule has 1 aliphatic rings. The number of Topliss-reactive ketones (excluding diaryl/α,β-unsaturated/α-hetero) is 1. The molecule has 0 aliphatic carbocycles. The maximum Gasteiger partial charge on any atom is 0.274 e. The number of hydrogen-bond acceptors (Lipinski definition) is 6. The van der Waals surface area contributed by atoms with Crippen LogP contribution in [0.2, 0.25) is 0 Å². The number of nitrogens with zero attached hydrogens (tertiary/aromatic N) is 2. The molecule has 1 fully saturated rings. The minimum atomic E-state index is -0.287. The fraction of sp³-hybridized carbons (Fsp3) is 0.350. The van der Waals surface area contributed by atoms with Crippen molar-refractivity contribution in [3.05, 3.63) is 53.9 Å². The molecule has 1 amide bonds. The van der Waals surface area contributed by atoms with E-state index in [2.05, 4.69) is 20.5 Å². The molecule has 7 heteroatoms. The predicted octanol–water partition coefficient (Wildman–Crippen LogP) is 2.28. The number of morpholine rings is 1. The first-order valence-electron chi connectivity index (χ1n) is 9.04. The number of ketones is 1. The van der Waals surface area contributed by atoms with Gasteiger partial charge in [0.1, 0.15) is 5.69 Å². The van der Waals surface area contributed by atoms with E-state index in [9.17, 15) is 9.59 Å². The lowest BCUT2D eigenvalue weighted by Crippen LogP contribution is -2.39. The molecule has 7 nitrogen and oxygen atoms in total. The van der Waals surface area contributed by atoms with Crippen molar-refractivity contribution in [1.29, 1.82) is 0 Å². The van der Waals surface area contributed by atoms with Gasteiger partial charge in [-0.3, -0.25) is 14.5 Å². The van der Waals surface area contributed by atoms with Gasteiger partial charge in [0.25, 0.3) is 5.91 Å². The summed E-state index contributed by atoms with van der Waals surface area (Å²) in [7, 11) is 0. The lowest BCUT2D eigenvalue weighted by Gasteiger charge is -2.26. The van der Waals surface area contributed by atoms with E-state index in [4.69, 9.17) is 4.74 Å². The van der Waals surface area contributed by atoms with E-state index in [1.165, 1.54) is 6.92 Å². The zero-order chi connectivity index (χ0) is 19.1. The molecule has 27 heavy (non-hydrogen) atoms. The third-order valence-corrected chi connectivity index (χ3v) is 4.41. The highest BCUT2D eigenvalue weighted by Gasteiger charge is 2.10. The van der Waals surface area contributed by atoms with Crippen LogP contribution in [-0.4, -0.2) is 61.0 Å². The number of amides is 1. The molecule has 1 saturated heterocycles. The molecule has 2 heterocycles. The quantitative estimate of drug-likeness (QED) is 0.730. The third kappa shape index (κ3) is 5.60. The Labute approximate surface area is 158 Å². The van der Waals surface area contributed by atoms with Gasteiger partial charge in [-0.1, -0.05) is 0 Å². The summed E-state index contributed by atoms with van der Waals surface area (Å²) >= 11 is 0. The maximum absolute atomic E-state index is 12.3. The number of pyridine rings is 1. The van der Waals surface area contributed by atoms with Crippen LogP contribution in [0.1, 0.15) is 27.8 Å². The summed E-state index contributed by atoms with van der Waals surface area (Å²) in [6, 6.07) is 10.3. The van der Waals surface area contributed by atoms with Crippen LogP contribution >= 0.6 is 0 Å². The van der Waals surface area contributed by atoms with Crippen molar-refractivity contribution >= 4 is 23.1 Å².